The van der Waals surface area contributed by atoms with Crippen LogP contribution in [0.25, 0.3) is 11.0 Å². The zero-order chi connectivity index (χ0) is 17.9. The van der Waals surface area contributed by atoms with E-state index in [2.05, 4.69) is 41.5 Å². The van der Waals surface area contributed by atoms with Gasteiger partial charge >= 0.3 is 0 Å². The first-order valence-electron chi connectivity index (χ1n) is 8.34. The van der Waals surface area contributed by atoms with E-state index in [1.807, 2.05) is 0 Å². The number of rotatable bonds is 5. The molecule has 3 aromatic rings. The van der Waals surface area contributed by atoms with Crippen molar-refractivity contribution in [1.82, 2.24) is 20.3 Å². The van der Waals surface area contributed by atoms with Crippen molar-refractivity contribution in [1.29, 1.82) is 0 Å². The minimum absolute atomic E-state index is 0.113. The summed E-state index contributed by atoms with van der Waals surface area (Å²) in [4.78, 5) is 12.5. The Balaban J connectivity index is 1.56. The second-order valence-corrected chi connectivity index (χ2v) is 6.93. The molecule has 3 heterocycles. The molecule has 0 radical (unpaired) electrons. The summed E-state index contributed by atoms with van der Waals surface area (Å²) >= 11 is 3.49. The number of pyridine rings is 1. The fourth-order valence-electron chi connectivity index (χ4n) is 2.92. The second-order valence-electron chi connectivity index (χ2n) is 6.07. The lowest BCUT2D eigenvalue weighted by Gasteiger charge is -2.18. The van der Waals surface area contributed by atoms with Crippen molar-refractivity contribution in [3.8, 4) is 5.75 Å². The van der Waals surface area contributed by atoms with E-state index in [4.69, 9.17) is 4.74 Å². The van der Waals surface area contributed by atoms with E-state index in [0.29, 0.717) is 28.0 Å². The third-order valence-corrected chi connectivity index (χ3v) is 4.82. The summed E-state index contributed by atoms with van der Waals surface area (Å²) in [6.07, 6.45) is 7.58. The lowest BCUT2D eigenvalue weighted by molar-refractivity contribution is 0.222. The fraction of sp³-hybridized carbons (Fsp3) is 0.278. The number of aromatic nitrogens is 3. The number of benzene rings is 1. The predicted molar refractivity (Wildman–Crippen MR) is 101 cm³/mol. The van der Waals surface area contributed by atoms with Crippen LogP contribution in [-0.4, -0.2) is 34.1 Å². The molecule has 0 spiro atoms. The van der Waals surface area contributed by atoms with Crippen LogP contribution in [0.15, 0.2) is 41.4 Å². The first kappa shape index (κ1) is 17.1. The largest absolute Gasteiger partial charge is 0.486 e. The van der Waals surface area contributed by atoms with Crippen molar-refractivity contribution >= 4 is 32.7 Å². The van der Waals surface area contributed by atoms with Crippen LogP contribution in [0.3, 0.4) is 0 Å². The number of fused-ring (bicyclic) bond motifs is 1. The van der Waals surface area contributed by atoms with Crippen molar-refractivity contribution in [3.05, 3.63) is 52.8 Å². The highest BCUT2D eigenvalue weighted by molar-refractivity contribution is 9.10. The van der Waals surface area contributed by atoms with Crippen LogP contribution in [0.5, 0.6) is 5.75 Å². The lowest BCUT2D eigenvalue weighted by atomic mass is 10.1. The minimum Gasteiger partial charge on any atom is -0.486 e. The maximum Gasteiger partial charge on any atom is 0.160 e. The summed E-state index contributed by atoms with van der Waals surface area (Å²) < 4.78 is 21.2. The van der Waals surface area contributed by atoms with Gasteiger partial charge in [0.1, 0.15) is 11.9 Å². The number of nitrogens with zero attached hydrogens (tertiary/aromatic N) is 3. The van der Waals surface area contributed by atoms with Crippen molar-refractivity contribution in [3.63, 3.8) is 0 Å². The van der Waals surface area contributed by atoms with Crippen molar-refractivity contribution < 1.29 is 9.13 Å². The summed E-state index contributed by atoms with van der Waals surface area (Å²) in [5.41, 5.74) is 2.42. The lowest BCUT2D eigenvalue weighted by Crippen LogP contribution is -2.20. The zero-order valence-corrected chi connectivity index (χ0v) is 15.5. The van der Waals surface area contributed by atoms with Crippen LogP contribution in [0.4, 0.5) is 10.1 Å². The normalized spacial score (nSPS) is 16.8. The van der Waals surface area contributed by atoms with Crippen molar-refractivity contribution in [2.24, 2.45) is 0 Å². The molecule has 0 amide bonds. The molecule has 4 rings (SSSR count). The highest BCUT2D eigenvalue weighted by Gasteiger charge is 2.19. The van der Waals surface area contributed by atoms with Gasteiger partial charge in [-0.3, -0.25) is 15.0 Å². The van der Waals surface area contributed by atoms with Crippen LogP contribution in [0.2, 0.25) is 0 Å². The van der Waals surface area contributed by atoms with E-state index in [1.165, 1.54) is 6.07 Å². The SMILES string of the molecule is Fc1cc2nccnc2cc1CNc1cncc(Br)c1O[C@@H]1CCNC1. The number of hydrogen-bond donors (Lipinski definition) is 2. The Hall–Kier alpha value is -2.32. The van der Waals surface area contributed by atoms with Gasteiger partial charge in [-0.1, -0.05) is 0 Å². The number of ether oxygens (including phenoxy) is 1. The average molecular weight is 418 g/mol. The summed E-state index contributed by atoms with van der Waals surface area (Å²) in [7, 11) is 0. The Morgan fingerprint density at radius 3 is 2.81 bits per heavy atom. The fourth-order valence-corrected chi connectivity index (χ4v) is 3.34. The van der Waals surface area contributed by atoms with Crippen LogP contribution in [-0.2, 0) is 6.54 Å². The van der Waals surface area contributed by atoms with Gasteiger partial charge in [-0.15, -0.1) is 0 Å². The zero-order valence-electron chi connectivity index (χ0n) is 13.9. The number of nitrogens with one attached hydrogen (secondary N) is 2. The molecule has 0 aliphatic carbocycles. The number of halogens is 2. The van der Waals surface area contributed by atoms with E-state index < -0.39 is 0 Å². The smallest absolute Gasteiger partial charge is 0.160 e. The first-order valence-corrected chi connectivity index (χ1v) is 9.14. The van der Waals surface area contributed by atoms with Crippen LogP contribution in [0, 0.1) is 5.82 Å². The summed E-state index contributed by atoms with van der Waals surface area (Å²) in [6.45, 7) is 2.04. The van der Waals surface area contributed by atoms with Crippen LogP contribution < -0.4 is 15.4 Å². The molecular formula is C18H17BrFN5O. The molecule has 2 N–H and O–H groups in total. The van der Waals surface area contributed by atoms with E-state index >= 15 is 0 Å². The quantitative estimate of drug-likeness (QED) is 0.663. The molecule has 26 heavy (non-hydrogen) atoms. The van der Waals surface area contributed by atoms with E-state index in [0.717, 1.165) is 24.0 Å². The van der Waals surface area contributed by atoms with Gasteiger partial charge in [0.05, 0.1) is 27.4 Å². The topological polar surface area (TPSA) is 72.0 Å². The standard InChI is InChI=1S/C18H17BrFN5O/c19-13-9-22-10-17(18(13)26-12-1-2-21-8-12)25-7-11-5-15-16(6-14(11)20)24-4-3-23-15/h3-6,9-10,12,21,25H,1-2,7-8H2/t12-/m1/s1. The second kappa shape index (κ2) is 7.51. The van der Waals surface area contributed by atoms with Crippen LogP contribution >= 0.6 is 15.9 Å². The molecule has 6 nitrogen and oxygen atoms in total. The molecule has 1 saturated heterocycles. The third-order valence-electron chi connectivity index (χ3n) is 4.26. The molecule has 0 bridgehead atoms. The van der Waals surface area contributed by atoms with Gasteiger partial charge in [0.2, 0.25) is 0 Å². The Labute approximate surface area is 158 Å². The Bertz CT molecular complexity index is 933. The van der Waals surface area contributed by atoms with Gasteiger partial charge in [-0.2, -0.15) is 0 Å². The molecule has 2 aromatic heterocycles. The molecule has 8 heteroatoms. The molecule has 0 saturated carbocycles. The van der Waals surface area contributed by atoms with E-state index in [-0.39, 0.29) is 18.5 Å². The molecule has 134 valence electrons. The first-order chi connectivity index (χ1) is 12.7. The van der Waals surface area contributed by atoms with Crippen molar-refractivity contribution in [2.45, 2.75) is 19.1 Å². The third kappa shape index (κ3) is 3.61. The highest BCUT2D eigenvalue weighted by Crippen LogP contribution is 2.34. The minimum atomic E-state index is -0.323. The molecule has 1 atom stereocenters. The Kier molecular flexibility index (Phi) is 4.94. The Morgan fingerprint density at radius 1 is 1.23 bits per heavy atom. The van der Waals surface area contributed by atoms with E-state index in [9.17, 15) is 4.39 Å². The van der Waals surface area contributed by atoms with Gasteiger partial charge in [0, 0.05) is 43.3 Å². The van der Waals surface area contributed by atoms with Gasteiger partial charge < -0.3 is 15.4 Å². The van der Waals surface area contributed by atoms with Crippen LogP contribution in [0.1, 0.15) is 12.0 Å². The predicted octanol–water partition coefficient (Wildman–Crippen LogP) is 3.28. The monoisotopic (exact) mass is 417 g/mol. The molecular weight excluding hydrogens is 401 g/mol. The molecule has 1 fully saturated rings. The molecule has 1 aliphatic heterocycles. The van der Waals surface area contributed by atoms with Crippen molar-refractivity contribution in [2.75, 3.05) is 18.4 Å². The molecule has 1 aromatic carbocycles. The maximum absolute atomic E-state index is 14.4. The van der Waals surface area contributed by atoms with Gasteiger partial charge in [-0.25, -0.2) is 4.39 Å². The Morgan fingerprint density at radius 2 is 2.04 bits per heavy atom. The molecule has 0 unspecified atom stereocenters. The highest BCUT2D eigenvalue weighted by atomic mass is 79.9. The number of anilines is 1. The van der Waals surface area contributed by atoms with E-state index in [1.54, 1.807) is 30.9 Å². The molecule has 1 aliphatic rings. The summed E-state index contributed by atoms with van der Waals surface area (Å²) in [6, 6.07) is 3.11. The maximum atomic E-state index is 14.4. The average Bonchev–Trinajstić information content (AvgIpc) is 3.15. The summed E-state index contributed by atoms with van der Waals surface area (Å²) in [5, 5.41) is 6.50. The summed E-state index contributed by atoms with van der Waals surface area (Å²) in [5.74, 6) is 0.366. The van der Waals surface area contributed by atoms with Gasteiger partial charge in [0.15, 0.2) is 5.75 Å². The van der Waals surface area contributed by atoms with Gasteiger partial charge in [0.25, 0.3) is 0 Å². The number of hydrogen-bond acceptors (Lipinski definition) is 6. The van der Waals surface area contributed by atoms with Gasteiger partial charge in [-0.05, 0) is 35.0 Å².